The van der Waals surface area contributed by atoms with Gasteiger partial charge in [0.05, 0.1) is 10.5 Å². The molecule has 23 heavy (non-hydrogen) atoms. The van der Waals surface area contributed by atoms with E-state index in [-0.39, 0.29) is 0 Å². The van der Waals surface area contributed by atoms with Crippen LogP contribution in [0.25, 0.3) is 27.6 Å². The van der Waals surface area contributed by atoms with E-state index in [4.69, 9.17) is 17.3 Å². The Hall–Kier alpha value is -2.78. The molecule has 3 aromatic heterocycles. The average Bonchev–Trinajstić information content (AvgIpc) is 3.22. The summed E-state index contributed by atoms with van der Waals surface area (Å²) in [7, 11) is 0. The molecule has 0 bridgehead atoms. The molecule has 1 aromatic carbocycles. The van der Waals surface area contributed by atoms with Crippen LogP contribution in [0.4, 0.5) is 4.79 Å². The molecule has 8 nitrogen and oxygen atoms in total. The summed E-state index contributed by atoms with van der Waals surface area (Å²) >= 11 is 7.58. The minimum atomic E-state index is -0.709. The first-order valence-electron chi connectivity index (χ1n) is 6.44. The Kier molecular flexibility index (Phi) is 3.10. The second-order valence-electron chi connectivity index (χ2n) is 4.58. The van der Waals surface area contributed by atoms with Crippen molar-refractivity contribution in [2.75, 3.05) is 0 Å². The number of aromatic nitrogens is 6. The van der Waals surface area contributed by atoms with Gasteiger partial charge in [-0.1, -0.05) is 23.7 Å². The van der Waals surface area contributed by atoms with Gasteiger partial charge in [0.25, 0.3) is 0 Å². The number of nitrogens with zero attached hydrogens (tertiary/aromatic N) is 6. The molecule has 0 aliphatic rings. The van der Waals surface area contributed by atoms with E-state index in [1.165, 1.54) is 17.7 Å². The third-order valence-corrected chi connectivity index (χ3v) is 4.39. The van der Waals surface area contributed by atoms with E-state index in [0.29, 0.717) is 32.6 Å². The number of rotatable bonds is 2. The number of hydrogen-bond acceptors (Lipinski definition) is 6. The van der Waals surface area contributed by atoms with Gasteiger partial charge in [0.1, 0.15) is 11.0 Å². The summed E-state index contributed by atoms with van der Waals surface area (Å²) in [5.41, 5.74) is 8.07. The van der Waals surface area contributed by atoms with Gasteiger partial charge in [-0.2, -0.15) is 4.68 Å². The topological polar surface area (TPSA) is 105 Å². The Labute approximate surface area is 138 Å². The van der Waals surface area contributed by atoms with Crippen LogP contribution < -0.4 is 5.73 Å². The van der Waals surface area contributed by atoms with Crippen LogP contribution in [-0.2, 0) is 0 Å². The quantitative estimate of drug-likeness (QED) is 0.600. The molecule has 4 aromatic rings. The number of amides is 1. The predicted octanol–water partition coefficient (Wildman–Crippen LogP) is 2.32. The lowest BCUT2D eigenvalue weighted by molar-refractivity contribution is 0.248. The fourth-order valence-electron chi connectivity index (χ4n) is 2.26. The van der Waals surface area contributed by atoms with Crippen molar-refractivity contribution in [3.63, 3.8) is 0 Å². The maximum Gasteiger partial charge on any atom is 0.341 e. The first kappa shape index (κ1) is 13.9. The third-order valence-electron chi connectivity index (χ3n) is 3.25. The minimum absolute atomic E-state index is 0.399. The zero-order chi connectivity index (χ0) is 16.0. The highest BCUT2D eigenvalue weighted by Crippen LogP contribution is 2.31. The molecule has 0 saturated carbocycles. The summed E-state index contributed by atoms with van der Waals surface area (Å²) < 4.78 is 3.41. The summed E-state index contributed by atoms with van der Waals surface area (Å²) in [6.45, 7) is 0. The number of thiazole rings is 1. The zero-order valence-electron chi connectivity index (χ0n) is 11.4. The fourth-order valence-corrected chi connectivity index (χ4v) is 3.23. The zero-order valence-corrected chi connectivity index (χ0v) is 13.0. The standard InChI is InChI=1S/C13H8ClN7OS/c14-8-4-2-1-3-7(8)10-18-17-5-20(10)12-9-11(16-6-23-9)21(19-12)13(15)22/h1-6H,(H2,15,22). The normalized spacial score (nSPS) is 11.2. The molecule has 0 aliphatic heterocycles. The van der Waals surface area contributed by atoms with Crippen molar-refractivity contribution in [3.05, 3.63) is 41.1 Å². The highest BCUT2D eigenvalue weighted by Gasteiger charge is 2.21. The molecule has 0 aliphatic carbocycles. The number of carbonyl (C=O) groups is 1. The molecular formula is C13H8ClN7OS. The first-order valence-corrected chi connectivity index (χ1v) is 7.70. The van der Waals surface area contributed by atoms with Crippen LogP contribution in [0, 0.1) is 0 Å². The van der Waals surface area contributed by atoms with Crippen molar-refractivity contribution >= 4 is 39.3 Å². The van der Waals surface area contributed by atoms with E-state index >= 15 is 0 Å². The smallest absolute Gasteiger partial charge is 0.341 e. The first-order chi connectivity index (χ1) is 11.2. The fraction of sp³-hybridized carbons (Fsp3) is 0. The summed E-state index contributed by atoms with van der Waals surface area (Å²) in [4.78, 5) is 15.7. The van der Waals surface area contributed by atoms with Gasteiger partial charge >= 0.3 is 6.03 Å². The minimum Gasteiger partial charge on any atom is -0.350 e. The Morgan fingerprint density at radius 1 is 1.30 bits per heavy atom. The van der Waals surface area contributed by atoms with E-state index in [9.17, 15) is 4.79 Å². The van der Waals surface area contributed by atoms with Crippen LogP contribution in [0.1, 0.15) is 0 Å². The van der Waals surface area contributed by atoms with E-state index in [0.717, 1.165) is 4.68 Å². The number of halogens is 1. The average molecular weight is 346 g/mol. The maximum atomic E-state index is 11.5. The van der Waals surface area contributed by atoms with Gasteiger partial charge in [-0.15, -0.1) is 26.6 Å². The second kappa shape index (κ2) is 5.14. The molecule has 0 unspecified atom stereocenters. The third kappa shape index (κ3) is 2.09. The van der Waals surface area contributed by atoms with Crippen LogP contribution in [-0.4, -0.2) is 35.6 Å². The van der Waals surface area contributed by atoms with E-state index in [2.05, 4.69) is 20.3 Å². The molecular weight excluding hydrogens is 338 g/mol. The molecule has 0 fully saturated rings. The molecule has 2 N–H and O–H groups in total. The molecule has 3 heterocycles. The van der Waals surface area contributed by atoms with Crippen molar-refractivity contribution < 1.29 is 4.79 Å². The number of hydrogen-bond donors (Lipinski definition) is 1. The van der Waals surface area contributed by atoms with Crippen LogP contribution in [0.2, 0.25) is 5.02 Å². The van der Waals surface area contributed by atoms with Gasteiger partial charge in [0.15, 0.2) is 17.3 Å². The SMILES string of the molecule is NC(=O)n1nc(-n2cnnc2-c2ccccc2Cl)c2scnc21. The second-order valence-corrected chi connectivity index (χ2v) is 5.85. The largest absolute Gasteiger partial charge is 0.350 e. The van der Waals surface area contributed by atoms with Crippen LogP contribution in [0.3, 0.4) is 0 Å². The van der Waals surface area contributed by atoms with Gasteiger partial charge in [-0.05, 0) is 12.1 Å². The lowest BCUT2D eigenvalue weighted by Crippen LogP contribution is -2.21. The molecule has 0 saturated heterocycles. The van der Waals surface area contributed by atoms with Gasteiger partial charge in [0.2, 0.25) is 0 Å². The molecule has 4 rings (SSSR count). The summed E-state index contributed by atoms with van der Waals surface area (Å²) in [5.74, 6) is 0.987. The van der Waals surface area contributed by atoms with Gasteiger partial charge in [0, 0.05) is 5.56 Å². The number of benzene rings is 1. The lowest BCUT2D eigenvalue weighted by Gasteiger charge is -2.05. The maximum absolute atomic E-state index is 11.5. The summed E-state index contributed by atoms with van der Waals surface area (Å²) in [5, 5.41) is 12.8. The summed E-state index contributed by atoms with van der Waals surface area (Å²) in [6, 6.07) is 6.57. The Bertz CT molecular complexity index is 1030. The lowest BCUT2D eigenvalue weighted by atomic mass is 10.2. The number of carbonyl (C=O) groups excluding carboxylic acids is 1. The van der Waals surface area contributed by atoms with Gasteiger partial charge in [-0.3, -0.25) is 4.57 Å². The Balaban J connectivity index is 1.97. The number of primary amides is 1. The van der Waals surface area contributed by atoms with Crippen molar-refractivity contribution in [2.45, 2.75) is 0 Å². The molecule has 114 valence electrons. The summed E-state index contributed by atoms with van der Waals surface area (Å²) in [6.07, 6.45) is 1.51. The van der Waals surface area contributed by atoms with Crippen molar-refractivity contribution in [1.29, 1.82) is 0 Å². The molecule has 0 radical (unpaired) electrons. The van der Waals surface area contributed by atoms with Gasteiger partial charge in [-0.25, -0.2) is 9.78 Å². The number of nitrogens with two attached hydrogens (primary N) is 1. The highest BCUT2D eigenvalue weighted by atomic mass is 35.5. The van der Waals surface area contributed by atoms with Crippen molar-refractivity contribution in [3.8, 4) is 17.2 Å². The van der Waals surface area contributed by atoms with Crippen LogP contribution in [0.5, 0.6) is 0 Å². The monoisotopic (exact) mass is 345 g/mol. The van der Waals surface area contributed by atoms with Crippen LogP contribution in [0.15, 0.2) is 36.1 Å². The van der Waals surface area contributed by atoms with E-state index < -0.39 is 6.03 Å². The van der Waals surface area contributed by atoms with Crippen molar-refractivity contribution in [2.24, 2.45) is 5.73 Å². The highest BCUT2D eigenvalue weighted by molar-refractivity contribution is 7.17. The number of fused-ring (bicyclic) bond motifs is 1. The Morgan fingerprint density at radius 3 is 2.91 bits per heavy atom. The molecule has 0 atom stereocenters. The predicted molar refractivity (Wildman–Crippen MR) is 85.7 cm³/mol. The molecule has 1 amide bonds. The molecule has 10 heteroatoms. The van der Waals surface area contributed by atoms with E-state index in [1.54, 1.807) is 16.1 Å². The van der Waals surface area contributed by atoms with Crippen LogP contribution >= 0.6 is 22.9 Å². The van der Waals surface area contributed by atoms with E-state index in [1.807, 2.05) is 18.2 Å². The Morgan fingerprint density at radius 2 is 2.13 bits per heavy atom. The van der Waals surface area contributed by atoms with Crippen molar-refractivity contribution in [1.82, 2.24) is 29.5 Å². The van der Waals surface area contributed by atoms with Gasteiger partial charge < -0.3 is 5.73 Å². The molecule has 0 spiro atoms.